The molecule has 0 radical (unpaired) electrons. The van der Waals surface area contributed by atoms with Gasteiger partial charge in [0.25, 0.3) is 5.91 Å². The van der Waals surface area contributed by atoms with Gasteiger partial charge in [-0.1, -0.05) is 36.4 Å². The molecule has 0 aliphatic heterocycles. The molecule has 9 heteroatoms. The van der Waals surface area contributed by atoms with Gasteiger partial charge in [-0.15, -0.1) is 11.3 Å². The quantitative estimate of drug-likeness (QED) is 0.446. The Morgan fingerprint density at radius 3 is 2.52 bits per heavy atom. The first kappa shape index (κ1) is 20.7. The Hall–Kier alpha value is -3.59. The number of para-hydroxylation sites is 1. The van der Waals surface area contributed by atoms with Crippen molar-refractivity contribution in [1.82, 2.24) is 9.78 Å². The molecular weight excluding hydrogens is 424 g/mol. The number of amides is 1. The van der Waals surface area contributed by atoms with Crippen LogP contribution < -0.4 is 5.32 Å². The number of nitrogens with one attached hydrogen (secondary N) is 1. The number of thiophene rings is 1. The molecule has 31 heavy (non-hydrogen) atoms. The summed E-state index contributed by atoms with van der Waals surface area (Å²) in [7, 11) is 0. The van der Waals surface area contributed by atoms with Crippen molar-refractivity contribution in [2.24, 2.45) is 0 Å². The molecule has 6 nitrogen and oxygen atoms in total. The maximum absolute atomic E-state index is 13.6. The molecule has 0 fully saturated rings. The summed E-state index contributed by atoms with van der Waals surface area (Å²) >= 11 is 1.21. The highest BCUT2D eigenvalue weighted by Crippen LogP contribution is 2.29. The Labute approximate surface area is 180 Å². The fraction of sp³-hybridized carbons (Fsp3) is 0.136. The van der Waals surface area contributed by atoms with Crippen molar-refractivity contribution in [3.63, 3.8) is 0 Å². The molecule has 1 amide bonds. The standard InChI is InChI=1S/C22H17F2N3O3S/c1-13-15-10-18(31-21(15)27(26-13)11-14-6-3-2-4-7-14)22(29)30-12-19(28)25-20-16(23)8-5-9-17(20)24/h2-10H,11-12H2,1H3,(H,25,28). The van der Waals surface area contributed by atoms with Crippen molar-refractivity contribution >= 4 is 39.1 Å². The Bertz CT molecular complexity index is 1250. The van der Waals surface area contributed by atoms with Gasteiger partial charge in [0.05, 0.1) is 12.2 Å². The first-order valence-electron chi connectivity index (χ1n) is 9.34. The lowest BCUT2D eigenvalue weighted by molar-refractivity contribution is -0.119. The number of anilines is 1. The number of aryl methyl sites for hydroxylation is 1. The molecule has 4 aromatic rings. The van der Waals surface area contributed by atoms with E-state index < -0.39 is 35.8 Å². The molecule has 0 atom stereocenters. The summed E-state index contributed by atoms with van der Waals surface area (Å²) in [5, 5.41) is 7.42. The number of aromatic nitrogens is 2. The highest BCUT2D eigenvalue weighted by atomic mass is 32.1. The summed E-state index contributed by atoms with van der Waals surface area (Å²) in [6, 6.07) is 14.7. The monoisotopic (exact) mass is 441 g/mol. The van der Waals surface area contributed by atoms with Crippen LogP contribution in [0.5, 0.6) is 0 Å². The number of hydrogen-bond donors (Lipinski definition) is 1. The summed E-state index contributed by atoms with van der Waals surface area (Å²) in [6.07, 6.45) is 0. The first-order valence-corrected chi connectivity index (χ1v) is 10.2. The van der Waals surface area contributed by atoms with E-state index in [4.69, 9.17) is 4.74 Å². The molecule has 0 bridgehead atoms. The van der Waals surface area contributed by atoms with Gasteiger partial charge in [0, 0.05) is 5.39 Å². The molecule has 2 aromatic carbocycles. The van der Waals surface area contributed by atoms with Gasteiger partial charge >= 0.3 is 5.97 Å². The number of rotatable bonds is 6. The van der Waals surface area contributed by atoms with Gasteiger partial charge in [-0.2, -0.15) is 5.10 Å². The number of benzene rings is 2. The third-order valence-electron chi connectivity index (χ3n) is 4.55. The summed E-state index contributed by atoms with van der Waals surface area (Å²) in [5.41, 5.74) is 1.26. The summed E-state index contributed by atoms with van der Waals surface area (Å²) < 4.78 is 34.1. The lowest BCUT2D eigenvalue weighted by Crippen LogP contribution is -2.21. The van der Waals surface area contributed by atoms with Crippen molar-refractivity contribution in [3.8, 4) is 0 Å². The number of hydrogen-bond acceptors (Lipinski definition) is 5. The van der Waals surface area contributed by atoms with Gasteiger partial charge in [0.2, 0.25) is 0 Å². The van der Waals surface area contributed by atoms with E-state index in [-0.39, 0.29) is 0 Å². The van der Waals surface area contributed by atoms with Gasteiger partial charge in [0.1, 0.15) is 27.0 Å². The topological polar surface area (TPSA) is 73.2 Å². The lowest BCUT2D eigenvalue weighted by Gasteiger charge is -2.07. The van der Waals surface area contributed by atoms with Crippen molar-refractivity contribution < 1.29 is 23.1 Å². The van der Waals surface area contributed by atoms with Crippen LogP contribution in [-0.2, 0) is 16.1 Å². The van der Waals surface area contributed by atoms with Crippen LogP contribution in [0.2, 0.25) is 0 Å². The van der Waals surface area contributed by atoms with Gasteiger partial charge in [-0.3, -0.25) is 9.48 Å². The molecular formula is C22H17F2N3O3S. The normalized spacial score (nSPS) is 10.9. The number of ether oxygens (including phenoxy) is 1. The van der Waals surface area contributed by atoms with Crippen LogP contribution in [0.1, 0.15) is 20.9 Å². The fourth-order valence-electron chi connectivity index (χ4n) is 3.07. The first-order chi connectivity index (χ1) is 14.9. The second kappa shape index (κ2) is 8.65. The minimum absolute atomic E-state index is 0.308. The molecule has 0 saturated carbocycles. The van der Waals surface area contributed by atoms with E-state index in [0.29, 0.717) is 11.4 Å². The van der Waals surface area contributed by atoms with E-state index in [0.717, 1.165) is 33.6 Å². The smallest absolute Gasteiger partial charge is 0.348 e. The van der Waals surface area contributed by atoms with E-state index in [2.05, 4.69) is 10.4 Å². The Kier molecular flexibility index (Phi) is 5.77. The van der Waals surface area contributed by atoms with Crippen LogP contribution in [0.15, 0.2) is 54.6 Å². The molecule has 0 saturated heterocycles. The second-order valence-corrected chi connectivity index (χ2v) is 7.81. The third-order valence-corrected chi connectivity index (χ3v) is 5.67. The number of esters is 1. The number of carbonyl (C=O) groups is 2. The van der Waals surface area contributed by atoms with Crippen LogP contribution in [-0.4, -0.2) is 28.3 Å². The molecule has 0 aliphatic carbocycles. The van der Waals surface area contributed by atoms with Gasteiger partial charge < -0.3 is 10.1 Å². The Morgan fingerprint density at radius 2 is 1.81 bits per heavy atom. The average molecular weight is 441 g/mol. The number of carbonyl (C=O) groups excluding carboxylic acids is 2. The molecule has 0 unspecified atom stereocenters. The van der Waals surface area contributed by atoms with E-state index in [1.54, 1.807) is 6.07 Å². The number of halogens is 2. The Morgan fingerprint density at radius 1 is 1.10 bits per heavy atom. The Balaban J connectivity index is 1.44. The minimum Gasteiger partial charge on any atom is -0.451 e. The molecule has 0 aliphatic rings. The predicted molar refractivity (Wildman–Crippen MR) is 113 cm³/mol. The highest BCUT2D eigenvalue weighted by molar-refractivity contribution is 7.20. The molecule has 158 valence electrons. The maximum atomic E-state index is 13.6. The largest absolute Gasteiger partial charge is 0.451 e. The summed E-state index contributed by atoms with van der Waals surface area (Å²) in [6.45, 7) is 1.73. The zero-order valence-corrected chi connectivity index (χ0v) is 17.2. The molecule has 1 N–H and O–H groups in total. The summed E-state index contributed by atoms with van der Waals surface area (Å²) in [5.74, 6) is -3.37. The van der Waals surface area contributed by atoms with E-state index in [1.165, 1.54) is 17.4 Å². The third kappa shape index (κ3) is 4.46. The van der Waals surface area contributed by atoms with Crippen LogP contribution in [0.4, 0.5) is 14.5 Å². The SMILES string of the molecule is Cc1nn(Cc2ccccc2)c2sc(C(=O)OCC(=O)Nc3c(F)cccc3F)cc12. The molecule has 4 rings (SSSR count). The van der Waals surface area contributed by atoms with Crippen molar-refractivity contribution in [3.05, 3.63) is 82.4 Å². The maximum Gasteiger partial charge on any atom is 0.348 e. The lowest BCUT2D eigenvalue weighted by atomic mass is 10.2. The summed E-state index contributed by atoms with van der Waals surface area (Å²) in [4.78, 5) is 25.5. The van der Waals surface area contributed by atoms with Crippen molar-refractivity contribution in [1.29, 1.82) is 0 Å². The average Bonchev–Trinajstić information content (AvgIpc) is 3.31. The highest BCUT2D eigenvalue weighted by Gasteiger charge is 2.19. The van der Waals surface area contributed by atoms with E-state index >= 15 is 0 Å². The van der Waals surface area contributed by atoms with E-state index in [9.17, 15) is 18.4 Å². The van der Waals surface area contributed by atoms with Gasteiger partial charge in [-0.05, 0) is 30.7 Å². The van der Waals surface area contributed by atoms with Gasteiger partial charge in [0.15, 0.2) is 6.61 Å². The zero-order valence-electron chi connectivity index (χ0n) is 16.4. The van der Waals surface area contributed by atoms with Crippen molar-refractivity contribution in [2.45, 2.75) is 13.5 Å². The fourth-order valence-corrected chi connectivity index (χ4v) is 4.13. The number of fused-ring (bicyclic) bond motifs is 1. The molecule has 0 spiro atoms. The van der Waals surface area contributed by atoms with Crippen LogP contribution >= 0.6 is 11.3 Å². The van der Waals surface area contributed by atoms with E-state index in [1.807, 2.05) is 41.9 Å². The van der Waals surface area contributed by atoms with Crippen LogP contribution in [0.25, 0.3) is 10.2 Å². The minimum atomic E-state index is -0.914. The zero-order chi connectivity index (χ0) is 22.0. The van der Waals surface area contributed by atoms with Crippen molar-refractivity contribution in [2.75, 3.05) is 11.9 Å². The second-order valence-electron chi connectivity index (χ2n) is 6.78. The van der Waals surface area contributed by atoms with Crippen LogP contribution in [0, 0.1) is 18.6 Å². The molecule has 2 heterocycles. The van der Waals surface area contributed by atoms with Crippen LogP contribution in [0.3, 0.4) is 0 Å². The number of nitrogens with zero attached hydrogens (tertiary/aromatic N) is 2. The van der Waals surface area contributed by atoms with Gasteiger partial charge in [-0.25, -0.2) is 13.6 Å². The predicted octanol–water partition coefficient (Wildman–Crippen LogP) is 4.53. The molecule has 2 aromatic heterocycles.